The molecule has 0 spiro atoms. The minimum atomic E-state index is -0.635. The van der Waals surface area contributed by atoms with Crippen LogP contribution in [0.15, 0.2) is 58.3 Å². The number of carbonyl (C=O) groups excluding carboxylic acids is 1. The van der Waals surface area contributed by atoms with Gasteiger partial charge in [0, 0.05) is 11.9 Å². The quantitative estimate of drug-likeness (QED) is 0.319. The van der Waals surface area contributed by atoms with E-state index in [2.05, 4.69) is 29.3 Å². The first-order valence-corrected chi connectivity index (χ1v) is 10.9. The number of aliphatic imine (C=N–C) groups is 1. The highest BCUT2D eigenvalue weighted by atomic mass is 32.1. The molecule has 7 nitrogen and oxygen atoms in total. The van der Waals surface area contributed by atoms with Crippen LogP contribution in [0.2, 0.25) is 0 Å². The molecule has 32 heavy (non-hydrogen) atoms. The lowest BCUT2D eigenvalue weighted by molar-refractivity contribution is 0.0519. The van der Waals surface area contributed by atoms with Gasteiger partial charge in [-0.05, 0) is 55.2 Å². The molecular formula is C24H26N4O3S. The van der Waals surface area contributed by atoms with E-state index in [1.807, 2.05) is 24.3 Å². The van der Waals surface area contributed by atoms with Crippen molar-refractivity contribution in [1.82, 2.24) is 9.78 Å². The van der Waals surface area contributed by atoms with Gasteiger partial charge in [-0.1, -0.05) is 50.2 Å². The van der Waals surface area contributed by atoms with Crippen molar-refractivity contribution in [3.05, 3.63) is 81.3 Å². The van der Waals surface area contributed by atoms with Crippen LogP contribution in [-0.4, -0.2) is 33.7 Å². The van der Waals surface area contributed by atoms with E-state index in [0.29, 0.717) is 5.69 Å². The third-order valence-electron chi connectivity index (χ3n) is 4.96. The third kappa shape index (κ3) is 5.03. The van der Waals surface area contributed by atoms with Crippen LogP contribution < -0.4 is 10.9 Å². The standard InChI is InChI=1S/C24H26N4O3S/c1-4-16-11-10-12-17(5-2)20(16)26-24(32)25-15-19-21(23(30)31-6-3)27-28(22(19)29)18-13-8-7-9-14-18/h7-15,27H,4-6H2,1-3H3,(H,26,32)/b25-15+. The van der Waals surface area contributed by atoms with Gasteiger partial charge in [-0.25, -0.2) is 14.5 Å². The molecule has 0 saturated carbocycles. The molecule has 0 saturated heterocycles. The fourth-order valence-corrected chi connectivity index (χ4v) is 3.51. The Morgan fingerprint density at radius 1 is 1.09 bits per heavy atom. The molecule has 1 heterocycles. The monoisotopic (exact) mass is 450 g/mol. The Kier molecular flexibility index (Phi) is 7.72. The van der Waals surface area contributed by atoms with E-state index >= 15 is 0 Å². The number of rotatable bonds is 7. The number of benzene rings is 2. The molecule has 0 radical (unpaired) electrons. The zero-order valence-corrected chi connectivity index (χ0v) is 19.2. The van der Waals surface area contributed by atoms with Crippen LogP contribution >= 0.6 is 12.2 Å². The molecule has 2 N–H and O–H groups in total. The number of aryl methyl sites for hydroxylation is 2. The lowest BCUT2D eigenvalue weighted by atomic mass is 10.0. The van der Waals surface area contributed by atoms with Gasteiger partial charge in [0.2, 0.25) is 0 Å². The number of hydrogen-bond acceptors (Lipinski definition) is 4. The molecule has 0 aliphatic heterocycles. The van der Waals surface area contributed by atoms with E-state index in [1.165, 1.54) is 10.9 Å². The normalized spacial score (nSPS) is 11.0. The zero-order valence-electron chi connectivity index (χ0n) is 18.3. The molecule has 0 unspecified atom stereocenters. The molecular weight excluding hydrogens is 424 g/mol. The molecule has 0 amide bonds. The van der Waals surface area contributed by atoms with Crippen molar-refractivity contribution in [1.29, 1.82) is 0 Å². The minimum absolute atomic E-state index is 0.0236. The predicted octanol–water partition coefficient (Wildman–Crippen LogP) is 4.28. The highest BCUT2D eigenvalue weighted by molar-refractivity contribution is 7.80. The first kappa shape index (κ1) is 23.1. The summed E-state index contributed by atoms with van der Waals surface area (Å²) in [5, 5.41) is 6.21. The fourth-order valence-electron chi connectivity index (χ4n) is 3.35. The van der Waals surface area contributed by atoms with Crippen LogP contribution in [0.5, 0.6) is 0 Å². The van der Waals surface area contributed by atoms with Gasteiger partial charge in [0.05, 0.1) is 17.9 Å². The Bertz CT molecular complexity index is 1170. The largest absolute Gasteiger partial charge is 0.461 e. The Morgan fingerprint density at radius 2 is 1.75 bits per heavy atom. The number of aromatic amines is 1. The van der Waals surface area contributed by atoms with Crippen LogP contribution in [0.1, 0.15) is 48.0 Å². The number of aromatic nitrogens is 2. The number of nitrogens with one attached hydrogen (secondary N) is 2. The van der Waals surface area contributed by atoms with E-state index in [0.717, 1.165) is 29.7 Å². The second kappa shape index (κ2) is 10.7. The maximum absolute atomic E-state index is 13.0. The SMILES string of the molecule is CCOC(=O)c1[nH]n(-c2ccccc2)c(=O)c1/C=N/C(=S)Nc1c(CC)cccc1CC. The van der Waals surface area contributed by atoms with E-state index in [-0.39, 0.29) is 23.0 Å². The van der Waals surface area contributed by atoms with Crippen molar-refractivity contribution in [2.75, 3.05) is 11.9 Å². The summed E-state index contributed by atoms with van der Waals surface area (Å²) in [6, 6.07) is 15.1. The first-order valence-electron chi connectivity index (χ1n) is 10.5. The van der Waals surface area contributed by atoms with Crippen LogP contribution in [0.25, 0.3) is 5.69 Å². The lowest BCUT2D eigenvalue weighted by Crippen LogP contribution is -2.18. The highest BCUT2D eigenvalue weighted by Crippen LogP contribution is 2.22. The Hall–Kier alpha value is -3.52. The number of carbonyl (C=O) groups is 1. The average molecular weight is 451 g/mol. The van der Waals surface area contributed by atoms with Crippen LogP contribution in [-0.2, 0) is 17.6 Å². The molecule has 0 atom stereocenters. The van der Waals surface area contributed by atoms with E-state index in [1.54, 1.807) is 31.2 Å². The molecule has 8 heteroatoms. The summed E-state index contributed by atoms with van der Waals surface area (Å²) in [7, 11) is 0. The maximum atomic E-state index is 13.0. The van der Waals surface area contributed by atoms with Gasteiger partial charge in [-0.3, -0.25) is 9.89 Å². The first-order chi connectivity index (χ1) is 15.5. The number of ether oxygens (including phenoxy) is 1. The molecule has 0 bridgehead atoms. The van der Waals surface area contributed by atoms with Crippen LogP contribution in [0.4, 0.5) is 5.69 Å². The molecule has 0 fully saturated rings. The van der Waals surface area contributed by atoms with Crippen molar-refractivity contribution in [3.63, 3.8) is 0 Å². The fraction of sp³-hybridized carbons (Fsp3) is 0.250. The Labute approximate surface area is 192 Å². The number of H-pyrrole nitrogens is 1. The molecule has 1 aromatic heterocycles. The van der Waals surface area contributed by atoms with Gasteiger partial charge in [0.1, 0.15) is 0 Å². The number of nitrogens with zero attached hydrogens (tertiary/aromatic N) is 2. The molecule has 166 valence electrons. The van der Waals surface area contributed by atoms with Crippen molar-refractivity contribution in [3.8, 4) is 5.69 Å². The summed E-state index contributed by atoms with van der Waals surface area (Å²) >= 11 is 5.41. The van der Waals surface area contributed by atoms with Gasteiger partial charge < -0.3 is 10.1 Å². The summed E-state index contributed by atoms with van der Waals surface area (Å²) in [5.74, 6) is -0.635. The van der Waals surface area contributed by atoms with E-state index in [9.17, 15) is 9.59 Å². The topological polar surface area (TPSA) is 88.5 Å². The maximum Gasteiger partial charge on any atom is 0.357 e. The van der Waals surface area contributed by atoms with Gasteiger partial charge in [0.15, 0.2) is 10.8 Å². The zero-order chi connectivity index (χ0) is 23.1. The summed E-state index contributed by atoms with van der Waals surface area (Å²) in [5.41, 5.74) is 3.46. The van der Waals surface area contributed by atoms with E-state index in [4.69, 9.17) is 17.0 Å². The smallest absolute Gasteiger partial charge is 0.357 e. The number of anilines is 1. The van der Waals surface area contributed by atoms with Crippen LogP contribution in [0, 0.1) is 0 Å². The number of thiocarbonyl (C=S) groups is 1. The van der Waals surface area contributed by atoms with Gasteiger partial charge >= 0.3 is 5.97 Å². The molecule has 0 aliphatic carbocycles. The van der Waals surface area contributed by atoms with Crippen molar-refractivity contribution in [2.24, 2.45) is 4.99 Å². The Balaban J connectivity index is 1.96. The third-order valence-corrected chi connectivity index (χ3v) is 5.17. The summed E-state index contributed by atoms with van der Waals surface area (Å²) in [6.07, 6.45) is 2.99. The minimum Gasteiger partial charge on any atom is -0.461 e. The van der Waals surface area contributed by atoms with E-state index < -0.39 is 11.5 Å². The lowest BCUT2D eigenvalue weighted by Gasteiger charge is -2.14. The highest BCUT2D eigenvalue weighted by Gasteiger charge is 2.21. The van der Waals surface area contributed by atoms with Crippen LogP contribution in [0.3, 0.4) is 0 Å². The molecule has 3 rings (SSSR count). The Morgan fingerprint density at radius 3 is 2.34 bits per heavy atom. The van der Waals surface area contributed by atoms with Crippen molar-refractivity contribution >= 4 is 35.2 Å². The molecule has 2 aromatic carbocycles. The average Bonchev–Trinajstić information content (AvgIpc) is 3.14. The number of hydrogen-bond donors (Lipinski definition) is 2. The predicted molar refractivity (Wildman–Crippen MR) is 131 cm³/mol. The molecule has 0 aliphatic rings. The second-order valence-corrected chi connectivity index (χ2v) is 7.33. The summed E-state index contributed by atoms with van der Waals surface area (Å²) in [4.78, 5) is 29.8. The van der Waals surface area contributed by atoms with Gasteiger partial charge in [-0.2, -0.15) is 0 Å². The van der Waals surface area contributed by atoms with Gasteiger partial charge in [0.25, 0.3) is 5.56 Å². The number of esters is 1. The number of para-hydroxylation sites is 2. The summed E-state index contributed by atoms with van der Waals surface area (Å²) in [6.45, 7) is 6.03. The molecule has 3 aromatic rings. The van der Waals surface area contributed by atoms with Gasteiger partial charge in [-0.15, -0.1) is 0 Å². The van der Waals surface area contributed by atoms with Crippen molar-refractivity contribution < 1.29 is 9.53 Å². The van der Waals surface area contributed by atoms with Crippen molar-refractivity contribution in [2.45, 2.75) is 33.6 Å². The summed E-state index contributed by atoms with van der Waals surface area (Å²) < 4.78 is 6.39. The second-order valence-electron chi connectivity index (χ2n) is 6.94.